The Morgan fingerprint density at radius 3 is 2.83 bits per heavy atom. The number of benzene rings is 2. The lowest BCUT2D eigenvalue weighted by atomic mass is 10.1. The van der Waals surface area contributed by atoms with E-state index in [1.807, 2.05) is 34.9 Å². The Morgan fingerprint density at radius 1 is 1.25 bits per heavy atom. The van der Waals surface area contributed by atoms with Gasteiger partial charge in [-0.15, -0.1) is 11.8 Å². The molecule has 0 bridgehead atoms. The Kier molecular flexibility index (Phi) is 5.27. The Bertz CT molecular complexity index is 744. The van der Waals surface area contributed by atoms with Crippen LogP contribution in [0.25, 0.3) is 0 Å². The number of nitrogens with zero attached hydrogens (tertiary/aromatic N) is 1. The molecule has 0 radical (unpaired) electrons. The number of carbonyl (C=O) groups is 1. The third-order valence-corrected chi connectivity index (χ3v) is 5.65. The lowest BCUT2D eigenvalue weighted by Crippen LogP contribution is -2.31. The molecule has 0 spiro atoms. The molecular weight excluding hydrogens is 316 g/mol. The average Bonchev–Trinajstić information content (AvgIpc) is 3.02. The van der Waals surface area contributed by atoms with Crippen LogP contribution in [0.1, 0.15) is 33.5 Å². The number of amides is 1. The molecule has 1 saturated heterocycles. The lowest BCUT2D eigenvalue weighted by Gasteiger charge is -2.16. The first-order chi connectivity index (χ1) is 11.5. The van der Waals surface area contributed by atoms with Crippen LogP contribution in [-0.4, -0.2) is 29.9 Å². The zero-order valence-electron chi connectivity index (χ0n) is 14.3. The largest absolute Gasteiger partial charge is 0.337 e. The Hall–Kier alpha value is -1.78. The molecule has 0 aromatic heterocycles. The number of carbonyl (C=O) groups excluding carboxylic acids is 1. The molecule has 3 rings (SSSR count). The van der Waals surface area contributed by atoms with Crippen molar-refractivity contribution >= 4 is 17.7 Å². The number of likely N-dealkylation sites (tertiary alicyclic amines) is 1. The zero-order chi connectivity index (χ0) is 17.1. The van der Waals surface area contributed by atoms with Crippen LogP contribution in [0.4, 0.5) is 0 Å². The molecule has 4 heteroatoms. The van der Waals surface area contributed by atoms with Crippen LogP contribution in [0.15, 0.2) is 47.4 Å². The Labute approximate surface area is 148 Å². The van der Waals surface area contributed by atoms with E-state index in [1.54, 1.807) is 0 Å². The maximum Gasteiger partial charge on any atom is 0.253 e. The summed E-state index contributed by atoms with van der Waals surface area (Å²) < 4.78 is 0. The van der Waals surface area contributed by atoms with Crippen molar-refractivity contribution in [3.05, 3.63) is 64.7 Å². The maximum absolute atomic E-state index is 12.6. The molecule has 3 nitrogen and oxygen atoms in total. The van der Waals surface area contributed by atoms with Gasteiger partial charge in [0.05, 0.1) is 0 Å². The highest BCUT2D eigenvalue weighted by atomic mass is 32.2. The lowest BCUT2D eigenvalue weighted by molar-refractivity contribution is 0.0791. The van der Waals surface area contributed by atoms with Crippen LogP contribution in [0.2, 0.25) is 0 Å². The topological polar surface area (TPSA) is 46.3 Å². The van der Waals surface area contributed by atoms with Gasteiger partial charge in [0.2, 0.25) is 0 Å². The van der Waals surface area contributed by atoms with Gasteiger partial charge in [-0.25, -0.2) is 0 Å². The standard InChI is InChI=1S/C20H24N2OS/c1-14-6-7-15(2)19(10-14)24-13-16-4-3-5-17(11-16)20(23)22-9-8-18(21)12-22/h3-7,10-11,18H,8-9,12-13,21H2,1-2H3/t18-/m1/s1. The summed E-state index contributed by atoms with van der Waals surface area (Å²) in [5.74, 6) is 0.965. The van der Waals surface area contributed by atoms with Crippen molar-refractivity contribution in [2.75, 3.05) is 13.1 Å². The maximum atomic E-state index is 12.6. The smallest absolute Gasteiger partial charge is 0.253 e. The third kappa shape index (κ3) is 4.00. The van der Waals surface area contributed by atoms with Crippen molar-refractivity contribution in [3.8, 4) is 0 Å². The van der Waals surface area contributed by atoms with Gasteiger partial charge >= 0.3 is 0 Å². The summed E-state index contributed by atoms with van der Waals surface area (Å²) in [5.41, 5.74) is 10.4. The van der Waals surface area contributed by atoms with Gasteiger partial charge in [0.25, 0.3) is 5.91 Å². The van der Waals surface area contributed by atoms with Crippen LogP contribution in [-0.2, 0) is 5.75 Å². The van der Waals surface area contributed by atoms with Crippen molar-refractivity contribution < 1.29 is 4.79 Å². The number of nitrogens with two attached hydrogens (primary N) is 1. The number of rotatable bonds is 4. The Balaban J connectivity index is 1.69. The minimum absolute atomic E-state index is 0.0986. The fraction of sp³-hybridized carbons (Fsp3) is 0.350. The fourth-order valence-electron chi connectivity index (χ4n) is 2.97. The van der Waals surface area contributed by atoms with Gasteiger partial charge in [-0.1, -0.05) is 29.8 Å². The monoisotopic (exact) mass is 340 g/mol. The van der Waals surface area contributed by atoms with E-state index in [-0.39, 0.29) is 11.9 Å². The summed E-state index contributed by atoms with van der Waals surface area (Å²) in [7, 11) is 0. The number of hydrogen-bond donors (Lipinski definition) is 1. The van der Waals surface area contributed by atoms with Gasteiger partial charge in [0.15, 0.2) is 0 Å². The molecule has 0 aliphatic carbocycles. The normalized spacial score (nSPS) is 17.3. The van der Waals surface area contributed by atoms with Crippen LogP contribution in [0.5, 0.6) is 0 Å². The van der Waals surface area contributed by atoms with Gasteiger partial charge in [-0.3, -0.25) is 4.79 Å². The predicted molar refractivity (Wildman–Crippen MR) is 100 cm³/mol. The highest BCUT2D eigenvalue weighted by molar-refractivity contribution is 7.98. The van der Waals surface area contributed by atoms with E-state index >= 15 is 0 Å². The number of thioether (sulfide) groups is 1. The molecule has 1 aliphatic heterocycles. The van der Waals surface area contributed by atoms with E-state index in [9.17, 15) is 4.79 Å². The summed E-state index contributed by atoms with van der Waals surface area (Å²) in [6.07, 6.45) is 0.897. The van der Waals surface area contributed by atoms with Gasteiger partial charge < -0.3 is 10.6 Å². The molecule has 1 aliphatic rings. The quantitative estimate of drug-likeness (QED) is 0.862. The van der Waals surface area contributed by atoms with E-state index < -0.39 is 0 Å². The molecule has 1 fully saturated rings. The Morgan fingerprint density at radius 2 is 2.08 bits per heavy atom. The van der Waals surface area contributed by atoms with Crippen molar-refractivity contribution in [2.45, 2.75) is 37.0 Å². The molecule has 1 atom stereocenters. The second kappa shape index (κ2) is 7.41. The van der Waals surface area contributed by atoms with E-state index in [2.05, 4.69) is 38.1 Å². The van der Waals surface area contributed by atoms with E-state index in [4.69, 9.17) is 5.73 Å². The summed E-state index contributed by atoms with van der Waals surface area (Å²) in [4.78, 5) is 15.7. The van der Waals surface area contributed by atoms with E-state index in [0.29, 0.717) is 6.54 Å². The second-order valence-corrected chi connectivity index (χ2v) is 7.58. The molecule has 2 aromatic carbocycles. The summed E-state index contributed by atoms with van der Waals surface area (Å²) >= 11 is 1.82. The summed E-state index contributed by atoms with van der Waals surface area (Å²) in [5, 5.41) is 0. The van der Waals surface area contributed by atoms with Crippen LogP contribution in [0, 0.1) is 13.8 Å². The van der Waals surface area contributed by atoms with Crippen molar-refractivity contribution in [2.24, 2.45) is 5.73 Å². The molecule has 1 amide bonds. The molecule has 24 heavy (non-hydrogen) atoms. The first kappa shape index (κ1) is 17.1. The number of hydrogen-bond acceptors (Lipinski definition) is 3. The summed E-state index contributed by atoms with van der Waals surface area (Å²) in [6, 6.07) is 14.6. The van der Waals surface area contributed by atoms with Gasteiger partial charge in [-0.05, 0) is 49.6 Å². The molecule has 0 saturated carbocycles. The highest BCUT2D eigenvalue weighted by Gasteiger charge is 2.24. The molecule has 126 valence electrons. The van der Waals surface area contributed by atoms with Gasteiger partial charge in [-0.2, -0.15) is 0 Å². The molecule has 2 N–H and O–H groups in total. The third-order valence-electron chi connectivity index (χ3n) is 4.42. The molecule has 0 unspecified atom stereocenters. The van der Waals surface area contributed by atoms with E-state index in [1.165, 1.54) is 21.6 Å². The van der Waals surface area contributed by atoms with Crippen LogP contribution in [0.3, 0.4) is 0 Å². The average molecular weight is 340 g/mol. The second-order valence-electron chi connectivity index (χ2n) is 6.56. The summed E-state index contributed by atoms with van der Waals surface area (Å²) in [6.45, 7) is 5.68. The van der Waals surface area contributed by atoms with Crippen molar-refractivity contribution in [1.29, 1.82) is 0 Å². The fourth-order valence-corrected chi connectivity index (χ4v) is 4.04. The zero-order valence-corrected chi connectivity index (χ0v) is 15.1. The first-order valence-electron chi connectivity index (χ1n) is 8.37. The van der Waals surface area contributed by atoms with E-state index in [0.717, 1.165) is 24.3 Å². The van der Waals surface area contributed by atoms with Gasteiger partial charge in [0.1, 0.15) is 0 Å². The SMILES string of the molecule is Cc1ccc(C)c(SCc2cccc(C(=O)N3CC[C@@H](N)C3)c2)c1. The first-order valence-corrected chi connectivity index (χ1v) is 9.35. The highest BCUT2D eigenvalue weighted by Crippen LogP contribution is 2.27. The van der Waals surface area contributed by atoms with Crippen LogP contribution >= 0.6 is 11.8 Å². The van der Waals surface area contributed by atoms with Crippen molar-refractivity contribution in [1.82, 2.24) is 4.90 Å². The molecular formula is C20H24N2OS. The minimum Gasteiger partial charge on any atom is -0.337 e. The van der Waals surface area contributed by atoms with Crippen LogP contribution < -0.4 is 5.73 Å². The molecule has 1 heterocycles. The van der Waals surface area contributed by atoms with Gasteiger partial charge in [0, 0.05) is 35.3 Å². The predicted octanol–water partition coefficient (Wildman–Crippen LogP) is 3.77. The van der Waals surface area contributed by atoms with Crippen molar-refractivity contribution in [3.63, 3.8) is 0 Å². The molecule has 2 aromatic rings. The minimum atomic E-state index is 0.0986. The number of aryl methyl sites for hydroxylation is 2.